The molecule has 0 spiro atoms. The number of hydrogen-bond donors (Lipinski definition) is 0. The highest BCUT2D eigenvalue weighted by molar-refractivity contribution is 6.31. The summed E-state index contributed by atoms with van der Waals surface area (Å²) in [5.41, 5.74) is 6.17. The highest BCUT2D eigenvalue weighted by Gasteiger charge is 2.18. The predicted octanol–water partition coefficient (Wildman–Crippen LogP) is 9.35. The third kappa shape index (κ3) is 2.58. The molecule has 0 amide bonds. The summed E-state index contributed by atoms with van der Waals surface area (Å²) < 4.78 is 2.46. The van der Waals surface area contributed by atoms with Gasteiger partial charge in [0, 0.05) is 21.8 Å². The normalized spacial score (nSPS) is 12.0. The van der Waals surface area contributed by atoms with Crippen molar-refractivity contribution in [2.45, 2.75) is 0 Å². The van der Waals surface area contributed by atoms with Crippen molar-refractivity contribution in [2.24, 2.45) is 0 Å². The highest BCUT2D eigenvalue weighted by Crippen LogP contribution is 2.43. The van der Waals surface area contributed by atoms with Gasteiger partial charge >= 0.3 is 0 Å². The number of rotatable bonds is 2. The van der Waals surface area contributed by atoms with E-state index in [4.69, 9.17) is 0 Å². The fourth-order valence-electron chi connectivity index (χ4n) is 5.98. The summed E-state index contributed by atoms with van der Waals surface area (Å²) in [5, 5.41) is 10.5. The first-order valence-corrected chi connectivity index (χ1v) is 12.1. The first-order valence-electron chi connectivity index (χ1n) is 12.1. The van der Waals surface area contributed by atoms with Crippen molar-refractivity contribution in [3.8, 4) is 16.8 Å². The van der Waals surface area contributed by atoms with Crippen LogP contribution in [0.5, 0.6) is 0 Å². The van der Waals surface area contributed by atoms with E-state index in [1.807, 2.05) is 0 Å². The van der Waals surface area contributed by atoms with Gasteiger partial charge in [0.25, 0.3) is 0 Å². The fourth-order valence-corrected chi connectivity index (χ4v) is 5.98. The molecule has 1 heterocycles. The number of nitrogens with zero attached hydrogens (tertiary/aromatic N) is 1. The maximum atomic E-state index is 2.46. The average molecular weight is 444 g/mol. The van der Waals surface area contributed by atoms with E-state index in [-0.39, 0.29) is 0 Å². The van der Waals surface area contributed by atoms with Gasteiger partial charge in [-0.15, -0.1) is 0 Å². The molecule has 0 fully saturated rings. The van der Waals surface area contributed by atoms with Gasteiger partial charge in [-0.05, 0) is 62.3 Å². The monoisotopic (exact) mass is 443 g/mol. The second kappa shape index (κ2) is 6.94. The van der Waals surface area contributed by atoms with Crippen LogP contribution in [0.2, 0.25) is 0 Å². The number of fused-ring (bicyclic) bond motifs is 4. The van der Waals surface area contributed by atoms with E-state index < -0.39 is 0 Å². The van der Waals surface area contributed by atoms with Gasteiger partial charge in [0.2, 0.25) is 0 Å². The van der Waals surface area contributed by atoms with Crippen LogP contribution in [0.1, 0.15) is 0 Å². The Kier molecular flexibility index (Phi) is 3.72. The molecule has 162 valence electrons. The minimum Gasteiger partial charge on any atom is -0.309 e. The minimum absolute atomic E-state index is 1.19. The van der Waals surface area contributed by atoms with Gasteiger partial charge in [-0.3, -0.25) is 0 Å². The third-order valence-corrected chi connectivity index (χ3v) is 7.49. The first-order chi connectivity index (χ1) is 17.4. The van der Waals surface area contributed by atoms with Crippen LogP contribution < -0.4 is 0 Å². The lowest BCUT2D eigenvalue weighted by atomic mass is 9.92. The molecule has 8 rings (SSSR count). The number of benzene rings is 7. The summed E-state index contributed by atoms with van der Waals surface area (Å²) in [6.45, 7) is 0. The van der Waals surface area contributed by atoms with E-state index in [1.165, 1.54) is 70.9 Å². The Morgan fingerprint density at radius 1 is 0.400 bits per heavy atom. The quantitative estimate of drug-likeness (QED) is 0.235. The standard InChI is InChI=1S/C34H21N/c1-2-8-22(9-3-1)25-12-7-13-27(20-25)35-31-15-5-4-14-28(31)30-21-26-17-16-23-10-6-11-24-18-19-29(34(30)35)33(26)32(23)24/h1-21H. The van der Waals surface area contributed by atoms with Gasteiger partial charge in [0.05, 0.1) is 11.0 Å². The molecule has 0 bridgehead atoms. The Balaban J connectivity index is 1.56. The Morgan fingerprint density at radius 2 is 1.11 bits per heavy atom. The lowest BCUT2D eigenvalue weighted by molar-refractivity contribution is 1.19. The van der Waals surface area contributed by atoms with Gasteiger partial charge in [-0.2, -0.15) is 0 Å². The first kappa shape index (κ1) is 18.8. The molecule has 0 aliphatic rings. The molecular formula is C34H21N. The number of para-hydroxylation sites is 1. The van der Waals surface area contributed by atoms with Crippen LogP contribution in [0.15, 0.2) is 127 Å². The molecule has 0 unspecified atom stereocenters. The van der Waals surface area contributed by atoms with E-state index >= 15 is 0 Å². The zero-order valence-corrected chi connectivity index (χ0v) is 19.1. The molecule has 1 heteroatoms. The van der Waals surface area contributed by atoms with Crippen molar-refractivity contribution in [3.63, 3.8) is 0 Å². The maximum absolute atomic E-state index is 2.46. The van der Waals surface area contributed by atoms with Crippen LogP contribution in [-0.4, -0.2) is 4.57 Å². The molecule has 0 saturated carbocycles. The van der Waals surface area contributed by atoms with E-state index in [9.17, 15) is 0 Å². The van der Waals surface area contributed by atoms with Crippen LogP contribution in [-0.2, 0) is 0 Å². The molecule has 8 aromatic rings. The van der Waals surface area contributed by atoms with Crippen LogP contribution in [0, 0.1) is 0 Å². The zero-order valence-electron chi connectivity index (χ0n) is 19.1. The summed E-state index contributed by atoms with van der Waals surface area (Å²) in [6.07, 6.45) is 0. The van der Waals surface area contributed by atoms with Gasteiger partial charge in [-0.25, -0.2) is 0 Å². The van der Waals surface area contributed by atoms with Crippen molar-refractivity contribution in [3.05, 3.63) is 127 Å². The van der Waals surface area contributed by atoms with Gasteiger partial charge in [0.15, 0.2) is 0 Å². The molecule has 7 aromatic carbocycles. The lowest BCUT2D eigenvalue weighted by Gasteiger charge is -2.15. The van der Waals surface area contributed by atoms with Crippen molar-refractivity contribution in [1.82, 2.24) is 4.57 Å². The number of aromatic nitrogens is 1. The molecule has 0 N–H and O–H groups in total. The summed E-state index contributed by atoms with van der Waals surface area (Å²) in [6, 6.07) is 46.5. The predicted molar refractivity (Wildman–Crippen MR) is 150 cm³/mol. The summed E-state index contributed by atoms with van der Waals surface area (Å²) in [7, 11) is 0. The van der Waals surface area contributed by atoms with Crippen molar-refractivity contribution in [2.75, 3.05) is 0 Å². The second-order valence-corrected chi connectivity index (χ2v) is 9.40. The molecular weight excluding hydrogens is 422 g/mol. The molecule has 1 aromatic heterocycles. The zero-order chi connectivity index (χ0) is 22.9. The fraction of sp³-hybridized carbons (Fsp3) is 0. The topological polar surface area (TPSA) is 4.93 Å². The molecule has 0 aliphatic carbocycles. The molecule has 0 atom stereocenters. The van der Waals surface area contributed by atoms with E-state index in [0.717, 1.165) is 0 Å². The van der Waals surface area contributed by atoms with Crippen molar-refractivity contribution < 1.29 is 0 Å². The Hall–Kier alpha value is -4.62. The average Bonchev–Trinajstić information content (AvgIpc) is 3.26. The van der Waals surface area contributed by atoms with E-state index in [0.29, 0.717) is 0 Å². The SMILES string of the molecule is c1ccc(-c2cccc(-n3c4ccccc4c4cc5ccc6cccc7ccc(c5c67)c43)c2)cc1. The molecule has 35 heavy (non-hydrogen) atoms. The number of hydrogen-bond acceptors (Lipinski definition) is 0. The second-order valence-electron chi connectivity index (χ2n) is 9.40. The van der Waals surface area contributed by atoms with Gasteiger partial charge < -0.3 is 4.57 Å². The van der Waals surface area contributed by atoms with E-state index in [2.05, 4.69) is 132 Å². The Labute approximate surface area is 202 Å². The molecule has 0 radical (unpaired) electrons. The summed E-state index contributed by atoms with van der Waals surface area (Å²) >= 11 is 0. The highest BCUT2D eigenvalue weighted by atomic mass is 15.0. The molecule has 0 aliphatic heterocycles. The van der Waals surface area contributed by atoms with Crippen LogP contribution >= 0.6 is 0 Å². The largest absolute Gasteiger partial charge is 0.309 e. The van der Waals surface area contributed by atoms with Crippen LogP contribution in [0.4, 0.5) is 0 Å². The lowest BCUT2D eigenvalue weighted by Crippen LogP contribution is -1.95. The van der Waals surface area contributed by atoms with Crippen LogP contribution in [0.3, 0.4) is 0 Å². The smallest absolute Gasteiger partial charge is 0.0620 e. The minimum atomic E-state index is 1.19. The van der Waals surface area contributed by atoms with Gasteiger partial charge in [0.1, 0.15) is 0 Å². The maximum Gasteiger partial charge on any atom is 0.0620 e. The summed E-state index contributed by atoms with van der Waals surface area (Å²) in [4.78, 5) is 0. The van der Waals surface area contributed by atoms with Crippen molar-refractivity contribution in [1.29, 1.82) is 0 Å². The Bertz CT molecular complexity index is 2030. The van der Waals surface area contributed by atoms with Crippen molar-refractivity contribution >= 4 is 54.1 Å². The third-order valence-electron chi connectivity index (χ3n) is 7.49. The summed E-state index contributed by atoms with van der Waals surface area (Å²) in [5.74, 6) is 0. The molecule has 0 saturated heterocycles. The van der Waals surface area contributed by atoms with Crippen LogP contribution in [0.25, 0.3) is 70.9 Å². The Morgan fingerprint density at radius 3 is 2.00 bits per heavy atom. The van der Waals surface area contributed by atoms with Gasteiger partial charge in [-0.1, -0.05) is 103 Å². The molecule has 1 nitrogen and oxygen atoms in total. The van der Waals surface area contributed by atoms with E-state index in [1.54, 1.807) is 0 Å².